The van der Waals surface area contributed by atoms with E-state index in [1.807, 2.05) is 25.3 Å². The molecular weight excluding hydrogens is 256 g/mol. The maximum Gasteiger partial charge on any atom is 0.276 e. The molecule has 0 N–H and O–H groups in total. The number of thiocarbonyl (C=S) groups is 1. The molecule has 0 radical (unpaired) electrons. The Kier molecular flexibility index (Phi) is 3.71. The third kappa shape index (κ3) is 2.54. The monoisotopic (exact) mass is 274 g/mol. The highest BCUT2D eigenvalue weighted by Crippen LogP contribution is 2.22. The van der Waals surface area contributed by atoms with Gasteiger partial charge in [-0.1, -0.05) is 38.1 Å². The van der Waals surface area contributed by atoms with Crippen LogP contribution in [0.4, 0.5) is 0 Å². The fourth-order valence-electron chi connectivity index (χ4n) is 2.02. The van der Waals surface area contributed by atoms with Crippen molar-refractivity contribution in [3.63, 3.8) is 0 Å². The number of hydrogen-bond acceptors (Lipinski definition) is 2. The first kappa shape index (κ1) is 13.7. The third-order valence-electron chi connectivity index (χ3n) is 3.37. The van der Waals surface area contributed by atoms with Crippen LogP contribution in [0.15, 0.2) is 30.0 Å². The Bertz CT molecular complexity index is 546. The van der Waals surface area contributed by atoms with Gasteiger partial charge in [-0.15, -0.1) is 0 Å². The van der Waals surface area contributed by atoms with Gasteiger partial charge in [0.1, 0.15) is 5.70 Å². The predicted octanol–water partition coefficient (Wildman–Crippen LogP) is 2.84. The number of amides is 1. The van der Waals surface area contributed by atoms with Gasteiger partial charge in [-0.05, 0) is 35.3 Å². The molecule has 1 heterocycles. The van der Waals surface area contributed by atoms with Gasteiger partial charge in [-0.2, -0.15) is 0 Å². The van der Waals surface area contributed by atoms with Gasteiger partial charge >= 0.3 is 0 Å². The highest BCUT2D eigenvalue weighted by molar-refractivity contribution is 7.80. The molecule has 2 rings (SSSR count). The lowest BCUT2D eigenvalue weighted by atomic mass is 10.0. The highest BCUT2D eigenvalue weighted by atomic mass is 32.1. The van der Waals surface area contributed by atoms with Crippen molar-refractivity contribution in [1.29, 1.82) is 0 Å². The molecule has 0 atom stereocenters. The Labute approximate surface area is 119 Å². The molecule has 4 heteroatoms. The van der Waals surface area contributed by atoms with Crippen molar-refractivity contribution in [3.8, 4) is 0 Å². The number of carbonyl (C=O) groups excluding carboxylic acids is 1. The zero-order valence-electron chi connectivity index (χ0n) is 11.7. The molecule has 1 aliphatic heterocycles. The van der Waals surface area contributed by atoms with E-state index in [9.17, 15) is 4.79 Å². The molecule has 1 saturated heterocycles. The summed E-state index contributed by atoms with van der Waals surface area (Å²) in [6, 6.07) is 8.26. The summed E-state index contributed by atoms with van der Waals surface area (Å²) in [6.45, 7) is 4.32. The van der Waals surface area contributed by atoms with Crippen LogP contribution in [0.5, 0.6) is 0 Å². The van der Waals surface area contributed by atoms with Gasteiger partial charge in [0.25, 0.3) is 5.91 Å². The summed E-state index contributed by atoms with van der Waals surface area (Å²) in [6.07, 6.45) is 1.88. The van der Waals surface area contributed by atoms with E-state index in [-0.39, 0.29) is 5.91 Å². The Morgan fingerprint density at radius 2 is 1.68 bits per heavy atom. The summed E-state index contributed by atoms with van der Waals surface area (Å²) < 4.78 is 0. The second-order valence-electron chi connectivity index (χ2n) is 5.06. The summed E-state index contributed by atoms with van der Waals surface area (Å²) in [4.78, 5) is 15.3. The molecule has 3 nitrogen and oxygen atoms in total. The molecule has 1 aliphatic rings. The highest BCUT2D eigenvalue weighted by Gasteiger charge is 2.32. The number of hydrogen-bond donors (Lipinski definition) is 0. The molecule has 100 valence electrons. The van der Waals surface area contributed by atoms with Crippen LogP contribution in [0.25, 0.3) is 6.08 Å². The SMILES string of the molecule is CC(C)c1ccc(C=C2C(=O)N(C)C(=S)N2C)cc1. The minimum Gasteiger partial charge on any atom is -0.317 e. The van der Waals surface area contributed by atoms with Gasteiger partial charge in [0.2, 0.25) is 0 Å². The minimum absolute atomic E-state index is 0.0552. The summed E-state index contributed by atoms with van der Waals surface area (Å²) in [5.74, 6) is 0.455. The molecule has 0 spiro atoms. The lowest BCUT2D eigenvalue weighted by Gasteiger charge is -2.11. The number of nitrogens with zero attached hydrogens (tertiary/aromatic N) is 2. The molecule has 1 aromatic rings. The molecule has 0 saturated carbocycles. The lowest BCUT2D eigenvalue weighted by molar-refractivity contribution is -0.121. The van der Waals surface area contributed by atoms with Crippen LogP contribution in [0.1, 0.15) is 30.9 Å². The Hall–Kier alpha value is -1.68. The quantitative estimate of drug-likeness (QED) is 0.612. The lowest BCUT2D eigenvalue weighted by Crippen LogP contribution is -2.26. The van der Waals surface area contributed by atoms with E-state index in [2.05, 4.69) is 26.0 Å². The number of rotatable bonds is 2. The summed E-state index contributed by atoms with van der Waals surface area (Å²) >= 11 is 5.18. The molecule has 0 bridgehead atoms. The molecule has 1 aromatic carbocycles. The van der Waals surface area contributed by atoms with Gasteiger partial charge in [0.15, 0.2) is 5.11 Å². The second-order valence-corrected chi connectivity index (χ2v) is 5.42. The second kappa shape index (κ2) is 5.13. The normalized spacial score (nSPS) is 18.1. The first-order valence-corrected chi connectivity index (χ1v) is 6.70. The van der Waals surface area contributed by atoms with Crippen molar-refractivity contribution in [3.05, 3.63) is 41.1 Å². The first-order valence-electron chi connectivity index (χ1n) is 6.29. The van der Waals surface area contributed by atoms with E-state index < -0.39 is 0 Å². The van der Waals surface area contributed by atoms with E-state index in [4.69, 9.17) is 12.2 Å². The molecule has 1 amide bonds. The van der Waals surface area contributed by atoms with Crippen molar-refractivity contribution >= 4 is 29.3 Å². The maximum absolute atomic E-state index is 12.0. The van der Waals surface area contributed by atoms with Crippen LogP contribution >= 0.6 is 12.2 Å². The van der Waals surface area contributed by atoms with Crippen LogP contribution in [-0.2, 0) is 4.79 Å². The van der Waals surface area contributed by atoms with Crippen molar-refractivity contribution in [2.45, 2.75) is 19.8 Å². The van der Waals surface area contributed by atoms with E-state index in [0.29, 0.717) is 16.7 Å². The fourth-order valence-corrected chi connectivity index (χ4v) is 2.21. The van der Waals surface area contributed by atoms with E-state index >= 15 is 0 Å². The van der Waals surface area contributed by atoms with Crippen molar-refractivity contribution in [2.24, 2.45) is 0 Å². The number of benzene rings is 1. The fraction of sp³-hybridized carbons (Fsp3) is 0.333. The standard InChI is InChI=1S/C15H18N2OS/c1-10(2)12-7-5-11(6-8-12)9-13-14(18)17(4)15(19)16(13)3/h5-10H,1-4H3. The van der Waals surface area contributed by atoms with Crippen LogP contribution in [0, 0.1) is 0 Å². The van der Waals surface area contributed by atoms with Crippen LogP contribution < -0.4 is 0 Å². The van der Waals surface area contributed by atoms with Crippen LogP contribution in [0.3, 0.4) is 0 Å². The van der Waals surface area contributed by atoms with Gasteiger partial charge in [0, 0.05) is 14.1 Å². The minimum atomic E-state index is -0.0552. The third-order valence-corrected chi connectivity index (χ3v) is 3.91. The zero-order valence-corrected chi connectivity index (χ0v) is 12.5. The molecule has 0 aliphatic carbocycles. The van der Waals surface area contributed by atoms with Crippen molar-refractivity contribution in [2.75, 3.05) is 14.1 Å². The molecule has 0 unspecified atom stereocenters. The molecule has 19 heavy (non-hydrogen) atoms. The topological polar surface area (TPSA) is 23.6 Å². The van der Waals surface area contributed by atoms with Crippen LogP contribution in [0.2, 0.25) is 0 Å². The Balaban J connectivity index is 2.31. The number of carbonyl (C=O) groups is 1. The maximum atomic E-state index is 12.0. The zero-order chi connectivity index (χ0) is 14.2. The predicted molar refractivity (Wildman–Crippen MR) is 81.6 cm³/mol. The van der Waals surface area contributed by atoms with Gasteiger partial charge in [-0.25, -0.2) is 0 Å². The molecule has 1 fully saturated rings. The van der Waals surface area contributed by atoms with E-state index in [1.54, 1.807) is 11.9 Å². The van der Waals surface area contributed by atoms with E-state index in [1.165, 1.54) is 10.5 Å². The average molecular weight is 274 g/mol. The first-order chi connectivity index (χ1) is 8.91. The Morgan fingerprint density at radius 1 is 1.11 bits per heavy atom. The summed E-state index contributed by atoms with van der Waals surface area (Å²) in [7, 11) is 3.52. The van der Waals surface area contributed by atoms with Crippen molar-refractivity contribution in [1.82, 2.24) is 9.80 Å². The van der Waals surface area contributed by atoms with Gasteiger partial charge in [-0.3, -0.25) is 9.69 Å². The van der Waals surface area contributed by atoms with Gasteiger partial charge in [0.05, 0.1) is 0 Å². The molecular formula is C15H18N2OS. The number of likely N-dealkylation sites (N-methyl/N-ethyl adjacent to an activating group) is 2. The smallest absolute Gasteiger partial charge is 0.276 e. The van der Waals surface area contributed by atoms with Crippen molar-refractivity contribution < 1.29 is 4.79 Å². The summed E-state index contributed by atoms with van der Waals surface area (Å²) in [5.41, 5.74) is 2.92. The molecule has 0 aromatic heterocycles. The largest absolute Gasteiger partial charge is 0.317 e. The Morgan fingerprint density at radius 3 is 2.11 bits per heavy atom. The van der Waals surface area contributed by atoms with Gasteiger partial charge < -0.3 is 4.90 Å². The van der Waals surface area contributed by atoms with Crippen LogP contribution in [-0.4, -0.2) is 34.9 Å². The van der Waals surface area contributed by atoms with E-state index in [0.717, 1.165) is 5.56 Å². The summed E-state index contributed by atoms with van der Waals surface area (Å²) in [5, 5.41) is 0.537. The average Bonchev–Trinajstić information content (AvgIpc) is 2.57.